The molecule has 3 amide bonds. The van der Waals surface area contributed by atoms with E-state index in [0.29, 0.717) is 32.4 Å². The fourth-order valence-electron chi connectivity index (χ4n) is 4.01. The summed E-state index contributed by atoms with van der Waals surface area (Å²) in [5, 5.41) is 2.97. The van der Waals surface area contributed by atoms with Gasteiger partial charge in [0.15, 0.2) is 0 Å². The SMILES string of the molecule is CC[C@H](C(=O)NCCCN1CCCC1=O)N1C(=O)CCCc2ccccc21. The molecule has 2 heterocycles. The van der Waals surface area contributed by atoms with Gasteiger partial charge < -0.3 is 10.2 Å². The van der Waals surface area contributed by atoms with Gasteiger partial charge in [0, 0.05) is 38.2 Å². The number of nitrogens with zero attached hydrogens (tertiary/aromatic N) is 2. The zero-order valence-corrected chi connectivity index (χ0v) is 16.1. The van der Waals surface area contributed by atoms with Crippen LogP contribution < -0.4 is 10.2 Å². The molecule has 1 fully saturated rings. The molecular weight excluding hydrogens is 342 g/mol. The maximum atomic E-state index is 12.8. The van der Waals surface area contributed by atoms with Gasteiger partial charge in [0.1, 0.15) is 6.04 Å². The molecule has 3 rings (SSSR count). The molecule has 0 spiro atoms. The summed E-state index contributed by atoms with van der Waals surface area (Å²) < 4.78 is 0. The Bertz CT molecular complexity index is 704. The first-order valence-electron chi connectivity index (χ1n) is 10.1. The van der Waals surface area contributed by atoms with Crippen molar-refractivity contribution >= 4 is 23.4 Å². The van der Waals surface area contributed by atoms with Crippen molar-refractivity contribution in [2.24, 2.45) is 0 Å². The van der Waals surface area contributed by atoms with Crippen molar-refractivity contribution < 1.29 is 14.4 Å². The summed E-state index contributed by atoms with van der Waals surface area (Å²) in [5.74, 6) is 0.111. The number of anilines is 1. The summed E-state index contributed by atoms with van der Waals surface area (Å²) >= 11 is 0. The Labute approximate surface area is 160 Å². The second-order valence-electron chi connectivity index (χ2n) is 7.30. The number of para-hydroxylation sites is 1. The Morgan fingerprint density at radius 2 is 1.89 bits per heavy atom. The lowest BCUT2D eigenvalue weighted by Crippen LogP contribution is -2.50. The smallest absolute Gasteiger partial charge is 0.243 e. The molecule has 1 aromatic carbocycles. The third kappa shape index (κ3) is 4.49. The molecule has 2 aliphatic heterocycles. The molecule has 1 atom stereocenters. The first-order valence-corrected chi connectivity index (χ1v) is 10.1. The maximum absolute atomic E-state index is 12.8. The van der Waals surface area contributed by atoms with Crippen LogP contribution in [0.15, 0.2) is 24.3 Å². The van der Waals surface area contributed by atoms with Gasteiger partial charge in [0.2, 0.25) is 17.7 Å². The molecule has 6 nitrogen and oxygen atoms in total. The minimum absolute atomic E-state index is 0.0182. The number of hydrogen-bond acceptors (Lipinski definition) is 3. The van der Waals surface area contributed by atoms with Gasteiger partial charge in [-0.3, -0.25) is 19.3 Å². The van der Waals surface area contributed by atoms with Gasteiger partial charge in [-0.1, -0.05) is 25.1 Å². The van der Waals surface area contributed by atoms with E-state index >= 15 is 0 Å². The fraction of sp³-hybridized carbons (Fsp3) is 0.571. The van der Waals surface area contributed by atoms with E-state index in [1.807, 2.05) is 36.1 Å². The Hall–Kier alpha value is -2.37. The topological polar surface area (TPSA) is 69.7 Å². The number of amides is 3. The van der Waals surface area contributed by atoms with Crippen molar-refractivity contribution in [1.82, 2.24) is 10.2 Å². The average molecular weight is 371 g/mol. The predicted molar refractivity (Wildman–Crippen MR) is 104 cm³/mol. The summed E-state index contributed by atoms with van der Waals surface area (Å²) in [6.45, 7) is 3.96. The molecule has 0 aliphatic carbocycles. The molecule has 0 radical (unpaired) electrons. The van der Waals surface area contributed by atoms with Crippen LogP contribution in [0.5, 0.6) is 0 Å². The third-order valence-corrected chi connectivity index (χ3v) is 5.43. The normalized spacial score (nSPS) is 18.3. The number of nitrogens with one attached hydrogen (secondary N) is 1. The molecule has 0 saturated carbocycles. The molecule has 6 heteroatoms. The predicted octanol–water partition coefficient (Wildman–Crippen LogP) is 2.26. The molecule has 146 valence electrons. The van der Waals surface area contributed by atoms with Gasteiger partial charge in [-0.25, -0.2) is 0 Å². The number of likely N-dealkylation sites (tertiary alicyclic amines) is 1. The van der Waals surface area contributed by atoms with Crippen LogP contribution >= 0.6 is 0 Å². The molecule has 1 aromatic rings. The van der Waals surface area contributed by atoms with E-state index in [2.05, 4.69) is 5.32 Å². The van der Waals surface area contributed by atoms with Crippen molar-refractivity contribution in [3.05, 3.63) is 29.8 Å². The van der Waals surface area contributed by atoms with Crippen molar-refractivity contribution in [3.8, 4) is 0 Å². The van der Waals surface area contributed by atoms with E-state index in [1.54, 1.807) is 4.90 Å². The molecule has 27 heavy (non-hydrogen) atoms. The van der Waals surface area contributed by atoms with Crippen molar-refractivity contribution in [3.63, 3.8) is 0 Å². The average Bonchev–Trinajstić information content (AvgIpc) is 3.00. The Morgan fingerprint density at radius 1 is 1.11 bits per heavy atom. The maximum Gasteiger partial charge on any atom is 0.243 e. The number of rotatable bonds is 7. The third-order valence-electron chi connectivity index (χ3n) is 5.43. The quantitative estimate of drug-likeness (QED) is 0.748. The lowest BCUT2D eigenvalue weighted by molar-refractivity contribution is -0.127. The Morgan fingerprint density at radius 3 is 2.63 bits per heavy atom. The van der Waals surface area contributed by atoms with Crippen LogP contribution in [-0.2, 0) is 20.8 Å². The first-order chi connectivity index (χ1) is 13.1. The highest BCUT2D eigenvalue weighted by atomic mass is 16.2. The van der Waals surface area contributed by atoms with Crippen molar-refractivity contribution in [2.75, 3.05) is 24.5 Å². The highest BCUT2D eigenvalue weighted by Gasteiger charge is 2.32. The highest BCUT2D eigenvalue weighted by molar-refractivity contribution is 6.01. The monoisotopic (exact) mass is 371 g/mol. The van der Waals surface area contributed by atoms with Gasteiger partial charge in [-0.05, 0) is 43.7 Å². The number of aryl methyl sites for hydroxylation is 1. The summed E-state index contributed by atoms with van der Waals surface area (Å²) in [6.07, 6.45) is 5.01. The van der Waals surface area contributed by atoms with E-state index < -0.39 is 6.04 Å². The number of carbonyl (C=O) groups excluding carboxylic acids is 3. The number of carbonyl (C=O) groups is 3. The van der Waals surface area contributed by atoms with Gasteiger partial charge in [-0.2, -0.15) is 0 Å². The standard InChI is InChI=1S/C21H29N3O3/c1-2-17(21(27)22-13-7-15-23-14-6-12-19(23)25)24-18-10-4-3-8-16(18)9-5-11-20(24)26/h3-4,8,10,17H,2,5-7,9,11-15H2,1H3,(H,22,27)/t17-/m1/s1. The number of benzene rings is 1. The van der Waals surface area contributed by atoms with Crippen LogP contribution in [0.25, 0.3) is 0 Å². The second-order valence-corrected chi connectivity index (χ2v) is 7.30. The number of fused-ring (bicyclic) bond motifs is 1. The number of hydrogen-bond donors (Lipinski definition) is 1. The van der Waals surface area contributed by atoms with Gasteiger partial charge in [-0.15, -0.1) is 0 Å². The van der Waals surface area contributed by atoms with E-state index in [0.717, 1.165) is 43.5 Å². The van der Waals surface area contributed by atoms with E-state index in [1.165, 1.54) is 0 Å². The molecule has 0 bridgehead atoms. The molecule has 1 N–H and O–H groups in total. The van der Waals surface area contributed by atoms with E-state index in [-0.39, 0.29) is 17.7 Å². The zero-order valence-electron chi connectivity index (χ0n) is 16.1. The van der Waals surface area contributed by atoms with E-state index in [4.69, 9.17) is 0 Å². The molecule has 0 aromatic heterocycles. The largest absolute Gasteiger partial charge is 0.354 e. The Kier molecular flexibility index (Phi) is 6.48. The minimum Gasteiger partial charge on any atom is -0.354 e. The molecule has 1 saturated heterocycles. The molecule has 0 unspecified atom stereocenters. The minimum atomic E-state index is -0.495. The van der Waals surface area contributed by atoms with Crippen LogP contribution in [0.2, 0.25) is 0 Å². The van der Waals surface area contributed by atoms with Crippen LogP contribution in [0.4, 0.5) is 5.69 Å². The van der Waals surface area contributed by atoms with Crippen molar-refractivity contribution in [2.45, 2.75) is 57.9 Å². The van der Waals surface area contributed by atoms with Gasteiger partial charge >= 0.3 is 0 Å². The van der Waals surface area contributed by atoms with Crippen molar-refractivity contribution in [1.29, 1.82) is 0 Å². The lowest BCUT2D eigenvalue weighted by Gasteiger charge is -2.30. The summed E-state index contributed by atoms with van der Waals surface area (Å²) in [6, 6.07) is 7.38. The fourth-order valence-corrected chi connectivity index (χ4v) is 4.01. The second kappa shape index (κ2) is 9.02. The zero-order chi connectivity index (χ0) is 19.2. The van der Waals surface area contributed by atoms with Crippen LogP contribution in [0, 0.1) is 0 Å². The molecular formula is C21H29N3O3. The summed E-state index contributed by atoms with van der Waals surface area (Å²) in [7, 11) is 0. The highest BCUT2D eigenvalue weighted by Crippen LogP contribution is 2.29. The van der Waals surface area contributed by atoms with Gasteiger partial charge in [0.25, 0.3) is 0 Å². The first kappa shape index (κ1) is 19.4. The van der Waals surface area contributed by atoms with Gasteiger partial charge in [0.05, 0.1) is 0 Å². The Balaban J connectivity index is 1.62. The molecule has 2 aliphatic rings. The van der Waals surface area contributed by atoms with Crippen LogP contribution in [0.1, 0.15) is 51.0 Å². The lowest BCUT2D eigenvalue weighted by atomic mass is 10.1. The summed E-state index contributed by atoms with van der Waals surface area (Å²) in [5.41, 5.74) is 1.99. The van der Waals surface area contributed by atoms with Crippen LogP contribution in [-0.4, -0.2) is 48.3 Å². The van der Waals surface area contributed by atoms with E-state index in [9.17, 15) is 14.4 Å². The van der Waals surface area contributed by atoms with Crippen LogP contribution in [0.3, 0.4) is 0 Å². The summed E-state index contributed by atoms with van der Waals surface area (Å²) in [4.78, 5) is 40.7.